The van der Waals surface area contributed by atoms with Gasteiger partial charge in [-0.05, 0) is 57.5 Å². The Bertz CT molecular complexity index is 1010. The highest BCUT2D eigenvalue weighted by Gasteiger charge is 2.43. The number of urea groups is 1. The number of nitrogens with zero attached hydrogens (tertiary/aromatic N) is 5. The molecule has 0 saturated heterocycles. The molecule has 1 aliphatic carbocycles. The topological polar surface area (TPSA) is 84.8 Å². The van der Waals surface area contributed by atoms with Crippen molar-refractivity contribution in [3.63, 3.8) is 0 Å². The van der Waals surface area contributed by atoms with E-state index in [1.807, 2.05) is 0 Å². The number of hydrogen-bond acceptors (Lipinski definition) is 6. The van der Waals surface area contributed by atoms with Crippen LogP contribution in [0.3, 0.4) is 0 Å². The van der Waals surface area contributed by atoms with Crippen LogP contribution in [-0.2, 0) is 6.54 Å². The number of nitrogens with one attached hydrogen (secondary N) is 1. The van der Waals surface area contributed by atoms with E-state index >= 15 is 0 Å². The number of anilines is 3. The van der Waals surface area contributed by atoms with Gasteiger partial charge < -0.3 is 15.3 Å². The number of rotatable bonds is 10. The lowest BCUT2D eigenvalue weighted by Gasteiger charge is -2.36. The van der Waals surface area contributed by atoms with Gasteiger partial charge in [-0.3, -0.25) is 9.80 Å². The molecule has 0 spiro atoms. The predicted octanol–water partition coefficient (Wildman–Crippen LogP) is 4.10. The number of benzene rings is 1. The smallest absolute Gasteiger partial charge is 0.330 e. The lowest BCUT2D eigenvalue weighted by atomic mass is 10.1. The zero-order valence-corrected chi connectivity index (χ0v) is 19.0. The Morgan fingerprint density at radius 2 is 1.97 bits per heavy atom. The van der Waals surface area contributed by atoms with Crippen LogP contribution in [0.1, 0.15) is 45.1 Å². The van der Waals surface area contributed by atoms with Gasteiger partial charge in [0.2, 0.25) is 5.95 Å². The molecule has 0 radical (unpaired) electrons. The summed E-state index contributed by atoms with van der Waals surface area (Å²) in [5.41, 5.74) is 0.0300. The van der Waals surface area contributed by atoms with E-state index in [-0.39, 0.29) is 12.6 Å². The van der Waals surface area contributed by atoms with Crippen molar-refractivity contribution in [3.05, 3.63) is 35.5 Å². The summed E-state index contributed by atoms with van der Waals surface area (Å²) in [6.07, 6.45) is 5.20. The van der Waals surface area contributed by atoms with Crippen LogP contribution in [0.25, 0.3) is 0 Å². The van der Waals surface area contributed by atoms with Crippen LogP contribution in [0.15, 0.2) is 18.3 Å². The van der Waals surface area contributed by atoms with E-state index in [9.17, 15) is 18.7 Å². The second kappa shape index (κ2) is 9.86. The van der Waals surface area contributed by atoms with Gasteiger partial charge in [0.1, 0.15) is 17.3 Å². The number of aromatic nitrogens is 2. The van der Waals surface area contributed by atoms with Gasteiger partial charge in [0.05, 0.1) is 6.54 Å². The van der Waals surface area contributed by atoms with Crippen LogP contribution in [0.2, 0.25) is 0 Å². The fourth-order valence-electron chi connectivity index (χ4n) is 4.08. The third-order valence-corrected chi connectivity index (χ3v) is 6.14. The first-order valence-corrected chi connectivity index (χ1v) is 11.5. The fraction of sp³-hybridized carbons (Fsp3) is 0.522. The number of aromatic hydroxyl groups is 1. The average Bonchev–Trinajstić information content (AvgIpc) is 3.64. The largest absolute Gasteiger partial charge is 0.505 e. The zero-order chi connectivity index (χ0) is 23.5. The summed E-state index contributed by atoms with van der Waals surface area (Å²) in [5.74, 6) is -1.88. The number of carbonyl (C=O) groups is 1. The molecule has 1 aliphatic heterocycles. The Morgan fingerprint density at radius 1 is 1.21 bits per heavy atom. The highest BCUT2D eigenvalue weighted by Crippen LogP contribution is 2.40. The predicted molar refractivity (Wildman–Crippen MR) is 123 cm³/mol. The highest BCUT2D eigenvalue weighted by atomic mass is 19.1. The van der Waals surface area contributed by atoms with Crippen LogP contribution in [-0.4, -0.2) is 58.2 Å². The highest BCUT2D eigenvalue weighted by molar-refractivity contribution is 6.06. The molecule has 4 rings (SSSR count). The molecule has 1 aromatic carbocycles. The van der Waals surface area contributed by atoms with Crippen LogP contribution < -0.4 is 15.1 Å². The molecule has 0 atom stereocenters. The average molecular weight is 461 g/mol. The number of phenolic OH excluding ortho intramolecular Hbond substituents is 1. The van der Waals surface area contributed by atoms with Crippen LogP contribution in [0.5, 0.6) is 5.75 Å². The number of amides is 2. The van der Waals surface area contributed by atoms with Gasteiger partial charge >= 0.3 is 6.03 Å². The molecule has 2 aromatic rings. The van der Waals surface area contributed by atoms with Gasteiger partial charge in [0.25, 0.3) is 0 Å². The Balaban J connectivity index is 1.51. The lowest BCUT2D eigenvalue weighted by molar-refractivity contribution is 0.249. The monoisotopic (exact) mass is 460 g/mol. The Kier molecular flexibility index (Phi) is 6.92. The van der Waals surface area contributed by atoms with E-state index in [1.54, 1.807) is 6.20 Å². The maximum atomic E-state index is 14.6. The van der Waals surface area contributed by atoms with Gasteiger partial charge in [0.15, 0.2) is 11.6 Å². The van der Waals surface area contributed by atoms with Crippen molar-refractivity contribution < 1.29 is 18.7 Å². The number of halogens is 2. The van der Waals surface area contributed by atoms with Crippen molar-refractivity contribution in [2.24, 2.45) is 0 Å². The van der Waals surface area contributed by atoms with Crippen molar-refractivity contribution in [2.45, 2.75) is 52.1 Å². The summed E-state index contributed by atoms with van der Waals surface area (Å²) >= 11 is 0. The summed E-state index contributed by atoms with van der Waals surface area (Å²) in [4.78, 5) is 27.1. The fourth-order valence-corrected chi connectivity index (χ4v) is 4.08. The van der Waals surface area contributed by atoms with Crippen molar-refractivity contribution in [1.82, 2.24) is 14.9 Å². The molecule has 1 saturated carbocycles. The molecule has 1 aromatic heterocycles. The number of unbranched alkanes of at least 4 members (excludes halogenated alkanes) is 1. The van der Waals surface area contributed by atoms with E-state index < -0.39 is 29.1 Å². The summed E-state index contributed by atoms with van der Waals surface area (Å²) in [6, 6.07) is 1.25. The molecule has 2 N–H and O–H groups in total. The molecule has 2 aliphatic rings. The van der Waals surface area contributed by atoms with Gasteiger partial charge in [-0.15, -0.1) is 0 Å². The quantitative estimate of drug-likeness (QED) is 0.520. The van der Waals surface area contributed by atoms with Crippen molar-refractivity contribution >= 4 is 23.5 Å². The minimum atomic E-state index is -1.16. The normalized spacial score (nSPS) is 15.8. The Morgan fingerprint density at radius 3 is 2.67 bits per heavy atom. The standard InChI is InChI=1S/C23H30F2N6O2/c1-3-29(4-2)12-6-5-11-26-22-27-13-15-14-30(20-17(24)9-10-18(32)19(20)25)23(33)31(16-7-8-16)21(15)28-22/h9-10,13,16,32H,3-8,11-12,14H2,1-2H3,(H,26,27,28). The van der Waals surface area contributed by atoms with Crippen LogP contribution in [0, 0.1) is 11.6 Å². The molecule has 8 nitrogen and oxygen atoms in total. The molecular weight excluding hydrogens is 430 g/mol. The third kappa shape index (κ3) is 4.85. The van der Waals surface area contributed by atoms with Gasteiger partial charge in [0, 0.05) is 24.3 Å². The summed E-state index contributed by atoms with van der Waals surface area (Å²) in [6.45, 7) is 8.05. The van der Waals surface area contributed by atoms with E-state index in [2.05, 4.69) is 34.0 Å². The van der Waals surface area contributed by atoms with Crippen LogP contribution in [0.4, 0.5) is 31.0 Å². The summed E-state index contributed by atoms with van der Waals surface area (Å²) < 4.78 is 29.0. The SMILES string of the molecule is CCN(CC)CCCCNc1ncc2c(n1)N(C1CC1)C(=O)N(c1c(F)ccc(O)c1F)C2. The second-order valence-electron chi connectivity index (χ2n) is 8.40. The van der Waals surface area contributed by atoms with Gasteiger partial charge in [-0.2, -0.15) is 4.98 Å². The van der Waals surface area contributed by atoms with Gasteiger partial charge in [-0.25, -0.2) is 18.6 Å². The Labute approximate surface area is 192 Å². The zero-order valence-electron chi connectivity index (χ0n) is 19.0. The molecule has 0 unspecified atom stereocenters. The number of phenols is 1. The van der Waals surface area contributed by atoms with Crippen molar-refractivity contribution in [3.8, 4) is 5.75 Å². The summed E-state index contributed by atoms with van der Waals surface area (Å²) in [7, 11) is 0. The number of hydrogen-bond donors (Lipinski definition) is 2. The van der Waals surface area contributed by atoms with Crippen molar-refractivity contribution in [1.29, 1.82) is 0 Å². The molecule has 1 fully saturated rings. The van der Waals surface area contributed by atoms with Gasteiger partial charge in [-0.1, -0.05) is 13.8 Å². The molecule has 2 amide bonds. The van der Waals surface area contributed by atoms with E-state index in [1.165, 1.54) is 4.90 Å². The molecule has 33 heavy (non-hydrogen) atoms. The maximum Gasteiger partial charge on any atom is 0.330 e. The number of carbonyl (C=O) groups excluding carboxylic acids is 1. The number of fused-ring (bicyclic) bond motifs is 1. The first-order chi connectivity index (χ1) is 15.9. The first kappa shape index (κ1) is 23.2. The molecule has 0 bridgehead atoms. The van der Waals surface area contributed by atoms with Crippen LogP contribution >= 0.6 is 0 Å². The molecule has 178 valence electrons. The maximum absolute atomic E-state index is 14.6. The van der Waals surface area contributed by atoms with Crippen molar-refractivity contribution in [2.75, 3.05) is 41.3 Å². The lowest BCUT2D eigenvalue weighted by Crippen LogP contribution is -2.49. The Hall–Kier alpha value is -3.01. The van der Waals surface area contributed by atoms with E-state index in [4.69, 9.17) is 0 Å². The minimum absolute atomic E-state index is 0.0701. The molecule has 2 heterocycles. The molecule has 10 heteroatoms. The minimum Gasteiger partial charge on any atom is -0.505 e. The second-order valence-corrected chi connectivity index (χ2v) is 8.40. The molecular formula is C23H30F2N6O2. The third-order valence-electron chi connectivity index (χ3n) is 6.14. The first-order valence-electron chi connectivity index (χ1n) is 11.5. The van der Waals surface area contributed by atoms with E-state index in [0.717, 1.165) is 62.4 Å². The summed E-state index contributed by atoms with van der Waals surface area (Å²) in [5, 5.41) is 12.9. The van der Waals surface area contributed by atoms with E-state index in [0.29, 0.717) is 23.9 Å².